The number of rotatable bonds is 5. The summed E-state index contributed by atoms with van der Waals surface area (Å²) in [5, 5.41) is 8.50. The van der Waals surface area contributed by atoms with Crippen LogP contribution in [0.3, 0.4) is 0 Å². The predicted octanol–water partition coefficient (Wildman–Crippen LogP) is 1.22. The van der Waals surface area contributed by atoms with Crippen LogP contribution in [0.25, 0.3) is 0 Å². The Morgan fingerprint density at radius 2 is 2.08 bits per heavy atom. The van der Waals surface area contributed by atoms with E-state index in [4.69, 9.17) is 9.84 Å². The highest BCUT2D eigenvalue weighted by Gasteiger charge is 2.11. The largest absolute Gasteiger partial charge is 0.481 e. The molecular weight excluding hydrogens is 172 g/mol. The topological polar surface area (TPSA) is 63.6 Å². The Labute approximate surface area is 77.2 Å². The molecule has 0 fully saturated rings. The average Bonchev–Trinajstić information content (AvgIpc) is 2.03. The highest BCUT2D eigenvalue weighted by atomic mass is 16.5. The SMILES string of the molecule is C=C(C)C(=O)OCCC(C)C(=O)O. The molecule has 0 saturated heterocycles. The van der Waals surface area contributed by atoms with Gasteiger partial charge in [0.1, 0.15) is 0 Å². The van der Waals surface area contributed by atoms with Crippen molar-refractivity contribution in [1.29, 1.82) is 0 Å². The van der Waals surface area contributed by atoms with E-state index in [0.29, 0.717) is 12.0 Å². The van der Waals surface area contributed by atoms with Crippen LogP contribution in [0.15, 0.2) is 12.2 Å². The van der Waals surface area contributed by atoms with Crippen LogP contribution >= 0.6 is 0 Å². The second kappa shape index (κ2) is 5.35. The fraction of sp³-hybridized carbons (Fsp3) is 0.556. The Bertz CT molecular complexity index is 220. The molecule has 1 N–H and O–H groups in total. The number of carboxylic acids is 1. The Morgan fingerprint density at radius 1 is 1.54 bits per heavy atom. The van der Waals surface area contributed by atoms with Gasteiger partial charge in [0.15, 0.2) is 0 Å². The maximum Gasteiger partial charge on any atom is 0.333 e. The molecule has 0 aromatic rings. The monoisotopic (exact) mass is 186 g/mol. The molecule has 0 heterocycles. The van der Waals surface area contributed by atoms with Gasteiger partial charge < -0.3 is 9.84 Å². The van der Waals surface area contributed by atoms with Crippen LogP contribution in [0, 0.1) is 5.92 Å². The van der Waals surface area contributed by atoms with Gasteiger partial charge in [0, 0.05) is 5.57 Å². The summed E-state index contributed by atoms with van der Waals surface area (Å²) in [6.07, 6.45) is 0.328. The molecule has 0 aromatic carbocycles. The van der Waals surface area contributed by atoms with Gasteiger partial charge in [0.05, 0.1) is 12.5 Å². The van der Waals surface area contributed by atoms with E-state index in [2.05, 4.69) is 6.58 Å². The van der Waals surface area contributed by atoms with Gasteiger partial charge in [-0.1, -0.05) is 13.5 Å². The van der Waals surface area contributed by atoms with Crippen LogP contribution in [-0.2, 0) is 14.3 Å². The number of carboxylic acid groups (broad SMARTS) is 1. The number of esters is 1. The molecule has 0 radical (unpaired) electrons. The van der Waals surface area contributed by atoms with E-state index >= 15 is 0 Å². The molecule has 0 spiro atoms. The van der Waals surface area contributed by atoms with Crippen molar-refractivity contribution in [2.45, 2.75) is 20.3 Å². The summed E-state index contributed by atoms with van der Waals surface area (Å²) in [5.41, 5.74) is 0.322. The maximum atomic E-state index is 10.8. The van der Waals surface area contributed by atoms with Crippen molar-refractivity contribution in [3.8, 4) is 0 Å². The third kappa shape index (κ3) is 5.00. The van der Waals surface area contributed by atoms with E-state index in [-0.39, 0.29) is 6.61 Å². The second-order valence-electron chi connectivity index (χ2n) is 2.94. The minimum Gasteiger partial charge on any atom is -0.481 e. The van der Waals surface area contributed by atoms with E-state index in [1.165, 1.54) is 0 Å². The first-order valence-corrected chi connectivity index (χ1v) is 4.00. The molecule has 4 heteroatoms. The number of carbonyl (C=O) groups is 2. The molecule has 1 unspecified atom stereocenters. The van der Waals surface area contributed by atoms with E-state index in [1.54, 1.807) is 13.8 Å². The predicted molar refractivity (Wildman–Crippen MR) is 47.2 cm³/mol. The zero-order chi connectivity index (χ0) is 10.4. The highest BCUT2D eigenvalue weighted by Crippen LogP contribution is 2.02. The average molecular weight is 186 g/mol. The molecule has 1 atom stereocenters. The first-order chi connectivity index (χ1) is 5.95. The zero-order valence-corrected chi connectivity index (χ0v) is 7.87. The summed E-state index contributed by atoms with van der Waals surface area (Å²) in [6.45, 7) is 6.63. The van der Waals surface area contributed by atoms with Crippen molar-refractivity contribution in [3.63, 3.8) is 0 Å². The summed E-state index contributed by atoms with van der Waals surface area (Å²) in [7, 11) is 0. The smallest absolute Gasteiger partial charge is 0.333 e. The molecule has 0 aliphatic rings. The van der Waals surface area contributed by atoms with Crippen molar-refractivity contribution in [3.05, 3.63) is 12.2 Å². The molecule has 0 aromatic heterocycles. The molecule has 74 valence electrons. The third-order valence-corrected chi connectivity index (χ3v) is 1.55. The fourth-order valence-corrected chi connectivity index (χ4v) is 0.575. The van der Waals surface area contributed by atoms with Gasteiger partial charge in [-0.25, -0.2) is 4.79 Å². The molecule has 0 saturated carbocycles. The summed E-state index contributed by atoms with van der Waals surface area (Å²) in [4.78, 5) is 21.2. The lowest BCUT2D eigenvalue weighted by atomic mass is 10.1. The lowest BCUT2D eigenvalue weighted by Gasteiger charge is -2.06. The molecule has 0 aliphatic carbocycles. The van der Waals surface area contributed by atoms with E-state index < -0.39 is 17.9 Å². The molecule has 0 amide bonds. The Balaban J connectivity index is 3.62. The maximum absolute atomic E-state index is 10.8. The molecule has 0 aliphatic heterocycles. The first kappa shape index (κ1) is 11.7. The minimum absolute atomic E-state index is 0.124. The van der Waals surface area contributed by atoms with Crippen LogP contribution in [0.2, 0.25) is 0 Å². The fourth-order valence-electron chi connectivity index (χ4n) is 0.575. The van der Waals surface area contributed by atoms with Crippen LogP contribution in [0.5, 0.6) is 0 Å². The van der Waals surface area contributed by atoms with Gasteiger partial charge in [-0.3, -0.25) is 4.79 Å². The van der Waals surface area contributed by atoms with Crippen LogP contribution < -0.4 is 0 Å². The van der Waals surface area contributed by atoms with Gasteiger partial charge >= 0.3 is 11.9 Å². The number of ether oxygens (including phenoxy) is 1. The van der Waals surface area contributed by atoms with E-state index in [1.807, 2.05) is 0 Å². The van der Waals surface area contributed by atoms with Crippen LogP contribution in [0.4, 0.5) is 0 Å². The number of carbonyl (C=O) groups excluding carboxylic acids is 1. The van der Waals surface area contributed by atoms with Crippen molar-refractivity contribution in [2.24, 2.45) is 5.92 Å². The van der Waals surface area contributed by atoms with Gasteiger partial charge in [0.2, 0.25) is 0 Å². The van der Waals surface area contributed by atoms with Gasteiger partial charge in [-0.2, -0.15) is 0 Å². The summed E-state index contributed by atoms with van der Waals surface area (Å²) >= 11 is 0. The van der Waals surface area contributed by atoms with Gasteiger partial charge in [0.25, 0.3) is 0 Å². The van der Waals surface area contributed by atoms with Crippen molar-refractivity contribution in [2.75, 3.05) is 6.61 Å². The summed E-state index contributed by atoms with van der Waals surface area (Å²) < 4.78 is 4.72. The van der Waals surface area contributed by atoms with Crippen LogP contribution in [-0.4, -0.2) is 23.7 Å². The van der Waals surface area contributed by atoms with E-state index in [0.717, 1.165) is 0 Å². The van der Waals surface area contributed by atoms with Crippen molar-refractivity contribution >= 4 is 11.9 Å². The lowest BCUT2D eigenvalue weighted by molar-refractivity contribution is -0.145. The molecule has 4 nitrogen and oxygen atoms in total. The Hall–Kier alpha value is -1.32. The van der Waals surface area contributed by atoms with Crippen molar-refractivity contribution < 1.29 is 19.4 Å². The number of aliphatic carboxylic acids is 1. The van der Waals surface area contributed by atoms with Gasteiger partial charge in [-0.15, -0.1) is 0 Å². The second-order valence-corrected chi connectivity index (χ2v) is 2.94. The molecule has 13 heavy (non-hydrogen) atoms. The highest BCUT2D eigenvalue weighted by molar-refractivity contribution is 5.86. The number of hydrogen-bond donors (Lipinski definition) is 1. The van der Waals surface area contributed by atoms with E-state index in [9.17, 15) is 9.59 Å². The lowest BCUT2D eigenvalue weighted by Crippen LogP contribution is -2.14. The zero-order valence-electron chi connectivity index (χ0n) is 7.87. The molecule has 0 rings (SSSR count). The van der Waals surface area contributed by atoms with Gasteiger partial charge in [-0.05, 0) is 13.3 Å². The van der Waals surface area contributed by atoms with Crippen LogP contribution in [0.1, 0.15) is 20.3 Å². The molecule has 0 bridgehead atoms. The minimum atomic E-state index is -0.883. The first-order valence-electron chi connectivity index (χ1n) is 4.00. The summed E-state index contributed by atoms with van der Waals surface area (Å²) in [6, 6.07) is 0. The standard InChI is InChI=1S/C9H14O4/c1-6(2)9(12)13-5-4-7(3)8(10)11/h7H,1,4-5H2,2-3H3,(H,10,11). The Kier molecular flexibility index (Phi) is 4.80. The molecular formula is C9H14O4. The number of hydrogen-bond acceptors (Lipinski definition) is 3. The summed E-state index contributed by atoms with van der Waals surface area (Å²) in [5.74, 6) is -1.85. The normalized spacial score (nSPS) is 11.8. The van der Waals surface area contributed by atoms with Crippen molar-refractivity contribution in [1.82, 2.24) is 0 Å². The quantitative estimate of drug-likeness (QED) is 0.518. The third-order valence-electron chi connectivity index (χ3n) is 1.55. The Morgan fingerprint density at radius 3 is 2.46 bits per heavy atom.